The third kappa shape index (κ3) is 1.42. The van der Waals surface area contributed by atoms with Crippen LogP contribution in [0.1, 0.15) is 11.7 Å². The second kappa shape index (κ2) is 3.13. The first-order chi connectivity index (χ1) is 4.84. The summed E-state index contributed by atoms with van der Waals surface area (Å²) in [6.07, 6.45) is -0.462. The van der Waals surface area contributed by atoms with Crippen molar-refractivity contribution < 1.29 is 9.90 Å². The molecule has 0 aliphatic rings. The van der Waals surface area contributed by atoms with E-state index in [2.05, 4.69) is 0 Å². The predicted octanol–water partition coefficient (Wildman–Crippen LogP) is 0.919. The molecule has 0 spiro atoms. The minimum absolute atomic E-state index is 0.509. The third-order valence-electron chi connectivity index (χ3n) is 1.27. The van der Waals surface area contributed by atoms with Crippen molar-refractivity contribution in [2.75, 3.05) is 0 Å². The van der Waals surface area contributed by atoms with Crippen LogP contribution in [0.5, 0.6) is 0 Å². The van der Waals surface area contributed by atoms with E-state index in [1.54, 1.807) is 24.3 Å². The van der Waals surface area contributed by atoms with Crippen LogP contribution in [0, 0.1) is 0 Å². The fourth-order valence-electron chi connectivity index (χ4n) is 0.729. The molecule has 0 radical (unpaired) electrons. The molecule has 0 bridgehead atoms. The van der Waals surface area contributed by atoms with E-state index in [0.29, 0.717) is 11.8 Å². The smallest absolute Gasteiger partial charge is 0.153 e. The van der Waals surface area contributed by atoms with Gasteiger partial charge in [-0.15, -0.1) is 0 Å². The van der Waals surface area contributed by atoms with Crippen molar-refractivity contribution >= 4 is 6.29 Å². The van der Waals surface area contributed by atoms with Gasteiger partial charge in [-0.25, -0.2) is 0 Å². The largest absolute Gasteiger partial charge is 0.381 e. The van der Waals surface area contributed by atoms with Gasteiger partial charge in [-0.1, -0.05) is 30.3 Å². The van der Waals surface area contributed by atoms with Gasteiger partial charge in [0, 0.05) is 0 Å². The van der Waals surface area contributed by atoms with Crippen LogP contribution in [-0.4, -0.2) is 11.4 Å². The molecule has 0 fully saturated rings. The number of aldehydes is 1. The fourth-order valence-corrected chi connectivity index (χ4v) is 0.729. The van der Waals surface area contributed by atoms with E-state index < -0.39 is 6.10 Å². The van der Waals surface area contributed by atoms with Gasteiger partial charge in [-0.3, -0.25) is 0 Å². The zero-order valence-electron chi connectivity index (χ0n) is 5.40. The van der Waals surface area contributed by atoms with Crippen molar-refractivity contribution in [3.8, 4) is 0 Å². The van der Waals surface area contributed by atoms with Gasteiger partial charge < -0.3 is 9.90 Å². The molecule has 10 heavy (non-hydrogen) atoms. The fraction of sp³-hybridized carbons (Fsp3) is 0.125. The topological polar surface area (TPSA) is 37.3 Å². The lowest BCUT2D eigenvalue weighted by atomic mass is 10.1. The summed E-state index contributed by atoms with van der Waals surface area (Å²) in [5, 5.41) is 8.96. The Bertz CT molecular complexity index is 206. The molecule has 1 unspecified atom stereocenters. The number of aliphatic hydroxyl groups excluding tert-OH is 1. The average molecular weight is 136 g/mol. The number of hydrogen-bond donors (Lipinski definition) is 1. The molecule has 2 heteroatoms. The van der Waals surface area contributed by atoms with Crippen molar-refractivity contribution in [3.05, 3.63) is 35.9 Å². The quantitative estimate of drug-likeness (QED) is 0.614. The molecule has 1 aromatic rings. The highest BCUT2D eigenvalue weighted by atomic mass is 16.3. The minimum atomic E-state index is -0.971. The van der Waals surface area contributed by atoms with Crippen molar-refractivity contribution in [1.82, 2.24) is 0 Å². The lowest BCUT2D eigenvalue weighted by Gasteiger charge is -1.99. The highest BCUT2D eigenvalue weighted by Crippen LogP contribution is 2.07. The average Bonchev–Trinajstić information content (AvgIpc) is 2.05. The Morgan fingerprint density at radius 3 is 2.40 bits per heavy atom. The Balaban J connectivity index is 2.84. The number of carbonyl (C=O) groups excluding carboxylic acids is 1. The van der Waals surface area contributed by atoms with Gasteiger partial charge in [0.1, 0.15) is 6.10 Å². The number of hydrogen-bond acceptors (Lipinski definition) is 2. The highest BCUT2D eigenvalue weighted by Gasteiger charge is 2.01. The van der Waals surface area contributed by atoms with Crippen LogP contribution >= 0.6 is 0 Å². The summed E-state index contributed by atoms with van der Waals surface area (Å²) >= 11 is 0. The molecule has 1 rings (SSSR count). The van der Waals surface area contributed by atoms with Gasteiger partial charge in [0.05, 0.1) is 0 Å². The molecule has 0 aliphatic carbocycles. The van der Waals surface area contributed by atoms with E-state index in [0.717, 1.165) is 0 Å². The van der Waals surface area contributed by atoms with Gasteiger partial charge in [-0.2, -0.15) is 0 Å². The first-order valence-electron chi connectivity index (χ1n) is 3.03. The molecule has 52 valence electrons. The molecule has 1 N–H and O–H groups in total. The van der Waals surface area contributed by atoms with Crippen LogP contribution in [0.25, 0.3) is 0 Å². The van der Waals surface area contributed by atoms with Crippen LogP contribution in [0.3, 0.4) is 0 Å². The van der Waals surface area contributed by atoms with E-state index in [1.807, 2.05) is 6.07 Å². The summed E-state index contributed by atoms with van der Waals surface area (Å²) in [4.78, 5) is 10.1. The van der Waals surface area contributed by atoms with Gasteiger partial charge in [-0.05, 0) is 5.56 Å². The summed E-state index contributed by atoms with van der Waals surface area (Å²) in [6, 6.07) is 8.81. The SMILES string of the molecule is O=CC(O)c1ccccc1. The standard InChI is InChI=1S/C8H8O2/c9-6-8(10)7-4-2-1-3-5-7/h1-6,8,10H. The van der Waals surface area contributed by atoms with Crippen molar-refractivity contribution in [3.63, 3.8) is 0 Å². The maximum atomic E-state index is 10.1. The van der Waals surface area contributed by atoms with E-state index >= 15 is 0 Å². The molecular formula is C8H8O2. The molecule has 0 amide bonds. The molecule has 0 saturated carbocycles. The number of carbonyl (C=O) groups is 1. The van der Waals surface area contributed by atoms with E-state index in [-0.39, 0.29) is 0 Å². The van der Waals surface area contributed by atoms with Gasteiger partial charge in [0.25, 0.3) is 0 Å². The molecule has 2 nitrogen and oxygen atoms in total. The Morgan fingerprint density at radius 2 is 1.90 bits per heavy atom. The number of benzene rings is 1. The molecule has 0 aromatic heterocycles. The van der Waals surface area contributed by atoms with Gasteiger partial charge >= 0.3 is 0 Å². The molecule has 0 aliphatic heterocycles. The second-order valence-corrected chi connectivity index (χ2v) is 1.99. The Morgan fingerprint density at radius 1 is 1.30 bits per heavy atom. The summed E-state index contributed by atoms with van der Waals surface area (Å²) < 4.78 is 0. The van der Waals surface area contributed by atoms with Crippen LogP contribution in [0.4, 0.5) is 0 Å². The second-order valence-electron chi connectivity index (χ2n) is 1.99. The predicted molar refractivity (Wildman–Crippen MR) is 37.5 cm³/mol. The summed E-state index contributed by atoms with van der Waals surface area (Å²) in [5.74, 6) is 0. The van der Waals surface area contributed by atoms with Crippen LogP contribution in [-0.2, 0) is 4.79 Å². The molecule has 1 aromatic carbocycles. The van der Waals surface area contributed by atoms with Gasteiger partial charge in [0.2, 0.25) is 0 Å². The first-order valence-corrected chi connectivity index (χ1v) is 3.03. The van der Waals surface area contributed by atoms with Crippen molar-refractivity contribution in [2.24, 2.45) is 0 Å². The van der Waals surface area contributed by atoms with Gasteiger partial charge in [0.15, 0.2) is 6.29 Å². The zero-order chi connectivity index (χ0) is 7.40. The van der Waals surface area contributed by atoms with Crippen molar-refractivity contribution in [2.45, 2.75) is 6.10 Å². The molecular weight excluding hydrogens is 128 g/mol. The third-order valence-corrected chi connectivity index (χ3v) is 1.27. The van der Waals surface area contributed by atoms with E-state index in [9.17, 15) is 4.79 Å². The normalized spacial score (nSPS) is 12.5. The Labute approximate surface area is 59.1 Å². The van der Waals surface area contributed by atoms with Crippen molar-refractivity contribution in [1.29, 1.82) is 0 Å². The Hall–Kier alpha value is -1.15. The first kappa shape index (κ1) is 6.96. The van der Waals surface area contributed by atoms with Crippen LogP contribution in [0.2, 0.25) is 0 Å². The number of rotatable bonds is 2. The monoisotopic (exact) mass is 136 g/mol. The lowest BCUT2D eigenvalue weighted by Crippen LogP contribution is -1.96. The van der Waals surface area contributed by atoms with E-state index in [1.165, 1.54) is 0 Å². The van der Waals surface area contributed by atoms with Crippen LogP contribution < -0.4 is 0 Å². The maximum Gasteiger partial charge on any atom is 0.153 e. The summed E-state index contributed by atoms with van der Waals surface area (Å²) in [6.45, 7) is 0. The molecule has 1 atom stereocenters. The summed E-state index contributed by atoms with van der Waals surface area (Å²) in [7, 11) is 0. The zero-order valence-corrected chi connectivity index (χ0v) is 5.40. The van der Waals surface area contributed by atoms with Crippen LogP contribution in [0.15, 0.2) is 30.3 Å². The number of aliphatic hydroxyl groups is 1. The maximum absolute atomic E-state index is 10.1. The minimum Gasteiger partial charge on any atom is -0.381 e. The van der Waals surface area contributed by atoms with E-state index in [4.69, 9.17) is 5.11 Å². The lowest BCUT2D eigenvalue weighted by molar-refractivity contribution is -0.115. The Kier molecular flexibility index (Phi) is 2.18. The highest BCUT2D eigenvalue weighted by molar-refractivity contribution is 5.59. The molecule has 0 saturated heterocycles. The molecule has 0 heterocycles. The summed E-state index contributed by atoms with van der Waals surface area (Å²) in [5.41, 5.74) is 0.637.